The number of rotatable bonds is 2. The minimum atomic E-state index is 0.108. The van der Waals surface area contributed by atoms with Crippen LogP contribution in [0.15, 0.2) is 53.9 Å². The number of fused-ring (bicyclic) bond motifs is 1. The second kappa shape index (κ2) is 4.27. The SMILES string of the molecule is N=C(N)c1ccc(-c2csc3ccccc23)cc1. The Morgan fingerprint density at radius 2 is 1.72 bits per heavy atom. The molecule has 0 atom stereocenters. The van der Waals surface area contributed by atoms with Gasteiger partial charge >= 0.3 is 0 Å². The Labute approximate surface area is 109 Å². The zero-order chi connectivity index (χ0) is 12.5. The van der Waals surface area contributed by atoms with Gasteiger partial charge in [-0.3, -0.25) is 5.41 Å². The van der Waals surface area contributed by atoms with E-state index in [2.05, 4.69) is 29.6 Å². The van der Waals surface area contributed by atoms with Crippen LogP contribution in [-0.4, -0.2) is 5.84 Å². The third-order valence-electron chi connectivity index (χ3n) is 2.99. The number of thiophene rings is 1. The molecule has 2 aromatic carbocycles. The van der Waals surface area contributed by atoms with E-state index in [1.807, 2.05) is 24.3 Å². The van der Waals surface area contributed by atoms with Crippen molar-refractivity contribution in [3.8, 4) is 11.1 Å². The van der Waals surface area contributed by atoms with Gasteiger partial charge in [0.25, 0.3) is 0 Å². The summed E-state index contributed by atoms with van der Waals surface area (Å²) in [6, 6.07) is 16.2. The highest BCUT2D eigenvalue weighted by Crippen LogP contribution is 2.33. The molecule has 0 unspecified atom stereocenters. The van der Waals surface area contributed by atoms with E-state index in [0.717, 1.165) is 11.1 Å². The van der Waals surface area contributed by atoms with Crippen LogP contribution in [-0.2, 0) is 0 Å². The van der Waals surface area contributed by atoms with Gasteiger partial charge in [-0.1, -0.05) is 42.5 Å². The van der Waals surface area contributed by atoms with E-state index in [9.17, 15) is 0 Å². The fourth-order valence-electron chi connectivity index (χ4n) is 2.03. The molecule has 3 heteroatoms. The van der Waals surface area contributed by atoms with E-state index in [1.54, 1.807) is 11.3 Å². The predicted octanol–water partition coefficient (Wildman–Crippen LogP) is 3.85. The first-order chi connectivity index (χ1) is 8.75. The Balaban J connectivity index is 2.12. The molecule has 0 aliphatic rings. The van der Waals surface area contributed by atoms with Gasteiger partial charge < -0.3 is 5.73 Å². The van der Waals surface area contributed by atoms with E-state index in [0.29, 0.717) is 0 Å². The predicted molar refractivity (Wildman–Crippen MR) is 78.3 cm³/mol. The summed E-state index contributed by atoms with van der Waals surface area (Å²) >= 11 is 1.75. The molecule has 3 aromatic rings. The smallest absolute Gasteiger partial charge is 0.122 e. The lowest BCUT2D eigenvalue weighted by Gasteiger charge is -2.02. The second-order valence-corrected chi connectivity index (χ2v) is 5.05. The maximum Gasteiger partial charge on any atom is 0.122 e. The fourth-order valence-corrected chi connectivity index (χ4v) is 3.00. The van der Waals surface area contributed by atoms with Crippen LogP contribution in [0.4, 0.5) is 0 Å². The Hall–Kier alpha value is -2.13. The third-order valence-corrected chi connectivity index (χ3v) is 3.95. The Bertz CT molecular complexity index is 711. The number of nitrogens with one attached hydrogen (secondary N) is 1. The summed E-state index contributed by atoms with van der Waals surface area (Å²) in [4.78, 5) is 0. The molecule has 1 aromatic heterocycles. The van der Waals surface area contributed by atoms with Crippen LogP contribution < -0.4 is 5.73 Å². The average molecular weight is 252 g/mol. The molecule has 1 heterocycles. The van der Waals surface area contributed by atoms with Crippen LogP contribution in [0, 0.1) is 5.41 Å². The highest BCUT2D eigenvalue weighted by Gasteiger charge is 2.06. The van der Waals surface area contributed by atoms with E-state index in [4.69, 9.17) is 11.1 Å². The molecule has 0 spiro atoms. The van der Waals surface area contributed by atoms with Crippen molar-refractivity contribution < 1.29 is 0 Å². The molecule has 0 fully saturated rings. The van der Waals surface area contributed by atoms with Gasteiger partial charge in [-0.05, 0) is 17.0 Å². The molecule has 0 aliphatic carbocycles. The zero-order valence-corrected chi connectivity index (χ0v) is 10.5. The normalized spacial score (nSPS) is 10.7. The monoisotopic (exact) mass is 252 g/mol. The van der Waals surface area contributed by atoms with Gasteiger partial charge in [-0.2, -0.15) is 0 Å². The lowest BCUT2D eigenvalue weighted by atomic mass is 10.0. The Morgan fingerprint density at radius 3 is 2.44 bits per heavy atom. The topological polar surface area (TPSA) is 49.9 Å². The minimum Gasteiger partial charge on any atom is -0.384 e. The van der Waals surface area contributed by atoms with Crippen LogP contribution in [0.5, 0.6) is 0 Å². The minimum absolute atomic E-state index is 0.108. The number of hydrogen-bond donors (Lipinski definition) is 2. The largest absolute Gasteiger partial charge is 0.384 e. The first-order valence-corrected chi connectivity index (χ1v) is 6.55. The molecule has 3 N–H and O–H groups in total. The quantitative estimate of drug-likeness (QED) is 0.528. The van der Waals surface area contributed by atoms with Crippen molar-refractivity contribution in [3.63, 3.8) is 0 Å². The third kappa shape index (κ3) is 1.79. The second-order valence-electron chi connectivity index (χ2n) is 4.14. The molecule has 0 saturated carbocycles. The zero-order valence-electron chi connectivity index (χ0n) is 9.68. The molecule has 2 nitrogen and oxygen atoms in total. The number of nitrogens with two attached hydrogens (primary N) is 1. The first-order valence-electron chi connectivity index (χ1n) is 5.67. The molecule has 88 valence electrons. The van der Waals surface area contributed by atoms with Crippen molar-refractivity contribution in [2.45, 2.75) is 0 Å². The van der Waals surface area contributed by atoms with Gasteiger partial charge in [-0.15, -0.1) is 11.3 Å². The van der Waals surface area contributed by atoms with Gasteiger partial charge in [0.1, 0.15) is 5.84 Å². The molecule has 0 bridgehead atoms. The Morgan fingerprint density at radius 1 is 1.00 bits per heavy atom. The van der Waals surface area contributed by atoms with Crippen LogP contribution in [0.1, 0.15) is 5.56 Å². The summed E-state index contributed by atoms with van der Waals surface area (Å²) < 4.78 is 1.29. The van der Waals surface area contributed by atoms with Crippen molar-refractivity contribution >= 4 is 27.3 Å². The van der Waals surface area contributed by atoms with Crippen LogP contribution in [0.2, 0.25) is 0 Å². The summed E-state index contributed by atoms with van der Waals surface area (Å²) in [6.45, 7) is 0. The average Bonchev–Trinajstić information content (AvgIpc) is 2.82. The van der Waals surface area contributed by atoms with Crippen molar-refractivity contribution in [3.05, 3.63) is 59.5 Å². The maximum atomic E-state index is 7.39. The highest BCUT2D eigenvalue weighted by molar-refractivity contribution is 7.17. The van der Waals surface area contributed by atoms with Crippen LogP contribution >= 0.6 is 11.3 Å². The first kappa shape index (κ1) is 11.0. The van der Waals surface area contributed by atoms with Gasteiger partial charge in [0.15, 0.2) is 0 Å². The standard InChI is InChI=1S/C15H12N2S/c16-15(17)11-7-5-10(6-8-11)13-9-18-14-4-2-1-3-12(13)14/h1-9H,(H3,16,17). The van der Waals surface area contributed by atoms with E-state index < -0.39 is 0 Å². The molecule has 0 amide bonds. The summed E-state index contributed by atoms with van der Waals surface area (Å²) in [6.07, 6.45) is 0. The van der Waals surface area contributed by atoms with Crippen molar-refractivity contribution in [2.75, 3.05) is 0 Å². The van der Waals surface area contributed by atoms with Gasteiger partial charge in [-0.25, -0.2) is 0 Å². The molecular weight excluding hydrogens is 240 g/mol. The fraction of sp³-hybridized carbons (Fsp3) is 0. The van der Waals surface area contributed by atoms with Crippen LogP contribution in [0.3, 0.4) is 0 Å². The molecule has 18 heavy (non-hydrogen) atoms. The van der Waals surface area contributed by atoms with Gasteiger partial charge in [0.05, 0.1) is 0 Å². The summed E-state index contributed by atoms with van der Waals surface area (Å²) in [7, 11) is 0. The van der Waals surface area contributed by atoms with Gasteiger partial charge in [0, 0.05) is 21.2 Å². The number of nitrogen functional groups attached to an aromatic ring is 1. The molecule has 0 saturated heterocycles. The number of amidine groups is 1. The molecule has 0 radical (unpaired) electrons. The molecule has 3 rings (SSSR count). The summed E-state index contributed by atoms with van der Waals surface area (Å²) in [5, 5.41) is 10.8. The van der Waals surface area contributed by atoms with E-state index in [-0.39, 0.29) is 5.84 Å². The van der Waals surface area contributed by atoms with Gasteiger partial charge in [0.2, 0.25) is 0 Å². The van der Waals surface area contributed by atoms with Crippen molar-refractivity contribution in [2.24, 2.45) is 5.73 Å². The molecular formula is C15H12N2S. The van der Waals surface area contributed by atoms with Crippen molar-refractivity contribution in [1.82, 2.24) is 0 Å². The Kier molecular flexibility index (Phi) is 2.61. The summed E-state index contributed by atoms with van der Waals surface area (Å²) in [5.41, 5.74) is 8.63. The number of benzene rings is 2. The number of hydrogen-bond acceptors (Lipinski definition) is 2. The maximum absolute atomic E-state index is 7.39. The van der Waals surface area contributed by atoms with Crippen LogP contribution in [0.25, 0.3) is 21.2 Å². The lowest BCUT2D eigenvalue weighted by Crippen LogP contribution is -2.10. The summed E-state index contributed by atoms with van der Waals surface area (Å²) in [5.74, 6) is 0.108. The lowest BCUT2D eigenvalue weighted by molar-refractivity contribution is 1.42. The van der Waals surface area contributed by atoms with E-state index in [1.165, 1.54) is 15.6 Å². The van der Waals surface area contributed by atoms with Crippen molar-refractivity contribution in [1.29, 1.82) is 5.41 Å². The molecule has 0 aliphatic heterocycles. The highest BCUT2D eigenvalue weighted by atomic mass is 32.1. The van der Waals surface area contributed by atoms with E-state index >= 15 is 0 Å².